The zero-order chi connectivity index (χ0) is 13.8. The van der Waals surface area contributed by atoms with Crippen molar-refractivity contribution in [3.05, 3.63) is 34.9 Å². The van der Waals surface area contributed by atoms with Crippen molar-refractivity contribution in [1.82, 2.24) is 5.32 Å². The van der Waals surface area contributed by atoms with Gasteiger partial charge in [-0.2, -0.15) is 0 Å². The van der Waals surface area contributed by atoms with Crippen molar-refractivity contribution >= 4 is 11.6 Å². The highest BCUT2D eigenvalue weighted by atomic mass is 35.5. The summed E-state index contributed by atoms with van der Waals surface area (Å²) in [7, 11) is 0. The second kappa shape index (κ2) is 6.08. The predicted octanol–water partition coefficient (Wildman–Crippen LogP) is 4.69. The van der Waals surface area contributed by atoms with Gasteiger partial charge in [0, 0.05) is 10.6 Å². The van der Waals surface area contributed by atoms with Gasteiger partial charge in [-0.1, -0.05) is 37.6 Å². The highest BCUT2D eigenvalue weighted by Gasteiger charge is 2.19. The average Bonchev–Trinajstić information content (AvgIpc) is 2.18. The Morgan fingerprint density at radius 3 is 2.06 bits per heavy atom. The number of rotatable bonds is 5. The first kappa shape index (κ1) is 15.5. The fourth-order valence-corrected chi connectivity index (χ4v) is 2.15. The first-order valence-corrected chi connectivity index (χ1v) is 7.05. The first-order chi connectivity index (χ1) is 8.18. The van der Waals surface area contributed by atoms with E-state index in [-0.39, 0.29) is 5.54 Å². The van der Waals surface area contributed by atoms with Crippen LogP contribution >= 0.6 is 11.6 Å². The van der Waals surface area contributed by atoms with Gasteiger partial charge in [-0.05, 0) is 63.3 Å². The van der Waals surface area contributed by atoms with Crippen LogP contribution in [0.4, 0.5) is 0 Å². The van der Waals surface area contributed by atoms with E-state index in [0.29, 0.717) is 5.41 Å². The Kier molecular flexibility index (Phi) is 5.24. The molecule has 0 aliphatic carbocycles. The number of benzene rings is 1. The highest BCUT2D eigenvalue weighted by molar-refractivity contribution is 6.30. The number of halogens is 1. The van der Waals surface area contributed by atoms with Crippen molar-refractivity contribution in [1.29, 1.82) is 0 Å². The van der Waals surface area contributed by atoms with Crippen LogP contribution in [0.5, 0.6) is 0 Å². The Bertz CT molecular complexity index is 360. The molecule has 102 valence electrons. The van der Waals surface area contributed by atoms with Crippen molar-refractivity contribution in [3.63, 3.8) is 0 Å². The van der Waals surface area contributed by atoms with E-state index in [4.69, 9.17) is 11.6 Å². The van der Waals surface area contributed by atoms with Crippen LogP contribution in [0.15, 0.2) is 24.3 Å². The lowest BCUT2D eigenvalue weighted by molar-refractivity contribution is 0.302. The molecule has 2 heteroatoms. The van der Waals surface area contributed by atoms with E-state index in [1.165, 1.54) is 12.0 Å². The molecule has 0 saturated heterocycles. The third-order valence-electron chi connectivity index (χ3n) is 3.05. The molecule has 0 saturated carbocycles. The van der Waals surface area contributed by atoms with Gasteiger partial charge in [-0.25, -0.2) is 0 Å². The second-order valence-corrected chi connectivity index (χ2v) is 7.33. The number of hydrogen-bond donors (Lipinski definition) is 1. The summed E-state index contributed by atoms with van der Waals surface area (Å²) in [4.78, 5) is 0. The molecule has 0 radical (unpaired) electrons. The number of hydrogen-bond acceptors (Lipinski definition) is 1. The Morgan fingerprint density at radius 1 is 1.00 bits per heavy atom. The Hall–Kier alpha value is -0.530. The van der Waals surface area contributed by atoms with Crippen molar-refractivity contribution in [2.24, 2.45) is 5.41 Å². The maximum atomic E-state index is 5.91. The molecule has 0 heterocycles. The van der Waals surface area contributed by atoms with Gasteiger partial charge in [-0.3, -0.25) is 0 Å². The third kappa shape index (κ3) is 6.42. The van der Waals surface area contributed by atoms with Gasteiger partial charge < -0.3 is 5.32 Å². The van der Waals surface area contributed by atoms with Crippen LogP contribution in [0, 0.1) is 5.41 Å². The molecular formula is C16H26ClN. The van der Waals surface area contributed by atoms with E-state index < -0.39 is 0 Å². The molecule has 0 spiro atoms. The van der Waals surface area contributed by atoms with Gasteiger partial charge in [0.1, 0.15) is 0 Å². The zero-order valence-corrected chi connectivity index (χ0v) is 13.1. The normalized spacial score (nSPS) is 12.8. The van der Waals surface area contributed by atoms with Gasteiger partial charge in [0.05, 0.1) is 0 Å². The largest absolute Gasteiger partial charge is 0.312 e. The molecule has 0 unspecified atom stereocenters. The van der Waals surface area contributed by atoms with Crippen molar-refractivity contribution in [2.45, 2.75) is 53.0 Å². The molecular weight excluding hydrogens is 242 g/mol. The van der Waals surface area contributed by atoms with Crippen LogP contribution in [-0.4, -0.2) is 12.1 Å². The van der Waals surface area contributed by atoms with Gasteiger partial charge in [-0.15, -0.1) is 0 Å². The maximum Gasteiger partial charge on any atom is 0.0406 e. The molecule has 1 rings (SSSR count). The lowest BCUT2D eigenvalue weighted by Gasteiger charge is -2.28. The van der Waals surface area contributed by atoms with Crippen molar-refractivity contribution in [2.75, 3.05) is 6.54 Å². The molecule has 0 bridgehead atoms. The van der Waals surface area contributed by atoms with E-state index in [1.807, 2.05) is 12.1 Å². The summed E-state index contributed by atoms with van der Waals surface area (Å²) in [6, 6.07) is 8.20. The smallest absolute Gasteiger partial charge is 0.0406 e. The molecule has 0 aliphatic rings. The Labute approximate surface area is 117 Å². The summed E-state index contributed by atoms with van der Waals surface area (Å²) in [5, 5.41) is 4.36. The van der Waals surface area contributed by atoms with Gasteiger partial charge in [0.2, 0.25) is 0 Å². The summed E-state index contributed by atoms with van der Waals surface area (Å²) in [6.07, 6.45) is 2.27. The average molecular weight is 268 g/mol. The quantitative estimate of drug-likeness (QED) is 0.816. The van der Waals surface area contributed by atoms with Crippen LogP contribution < -0.4 is 5.32 Å². The van der Waals surface area contributed by atoms with Gasteiger partial charge in [0.15, 0.2) is 0 Å². The zero-order valence-electron chi connectivity index (χ0n) is 12.3. The summed E-state index contributed by atoms with van der Waals surface area (Å²) < 4.78 is 0. The molecule has 0 amide bonds. The minimum atomic E-state index is 0.205. The summed E-state index contributed by atoms with van der Waals surface area (Å²) in [5.41, 5.74) is 1.88. The van der Waals surface area contributed by atoms with Gasteiger partial charge in [0.25, 0.3) is 0 Å². The molecule has 0 aromatic heterocycles. The standard InChI is InChI=1S/C16H26ClN/c1-15(2,3)18-11-10-16(4,5)12-13-6-8-14(17)9-7-13/h6-9,18H,10-12H2,1-5H3. The molecule has 18 heavy (non-hydrogen) atoms. The van der Waals surface area contributed by atoms with Crippen molar-refractivity contribution < 1.29 is 0 Å². The molecule has 0 fully saturated rings. The third-order valence-corrected chi connectivity index (χ3v) is 3.31. The van der Waals surface area contributed by atoms with E-state index in [2.05, 4.69) is 52.1 Å². The topological polar surface area (TPSA) is 12.0 Å². The molecule has 0 atom stereocenters. The lowest BCUT2D eigenvalue weighted by atomic mass is 9.82. The maximum absolute atomic E-state index is 5.91. The molecule has 0 aliphatic heterocycles. The van der Waals surface area contributed by atoms with Crippen molar-refractivity contribution in [3.8, 4) is 0 Å². The Balaban J connectivity index is 2.46. The Morgan fingerprint density at radius 2 is 1.56 bits per heavy atom. The lowest BCUT2D eigenvalue weighted by Crippen LogP contribution is -2.38. The van der Waals surface area contributed by atoms with Crippen LogP contribution in [-0.2, 0) is 6.42 Å². The highest BCUT2D eigenvalue weighted by Crippen LogP contribution is 2.26. The monoisotopic (exact) mass is 267 g/mol. The second-order valence-electron chi connectivity index (χ2n) is 6.89. The van der Waals surface area contributed by atoms with E-state index in [9.17, 15) is 0 Å². The molecule has 1 N–H and O–H groups in total. The number of nitrogens with one attached hydrogen (secondary N) is 1. The summed E-state index contributed by atoms with van der Waals surface area (Å²) >= 11 is 5.91. The van der Waals surface area contributed by atoms with Crippen LogP contribution in [0.1, 0.15) is 46.6 Å². The van der Waals surface area contributed by atoms with Gasteiger partial charge >= 0.3 is 0 Å². The predicted molar refractivity (Wildman–Crippen MR) is 81.3 cm³/mol. The summed E-state index contributed by atoms with van der Waals surface area (Å²) in [6.45, 7) is 12.3. The minimum absolute atomic E-state index is 0.205. The van der Waals surface area contributed by atoms with E-state index in [0.717, 1.165) is 18.0 Å². The first-order valence-electron chi connectivity index (χ1n) is 6.67. The SMILES string of the molecule is CC(C)(CCNC(C)(C)C)Cc1ccc(Cl)cc1. The fourth-order valence-electron chi connectivity index (χ4n) is 2.02. The van der Waals surface area contributed by atoms with Crippen LogP contribution in [0.3, 0.4) is 0 Å². The van der Waals surface area contributed by atoms with E-state index >= 15 is 0 Å². The van der Waals surface area contributed by atoms with Crippen LogP contribution in [0.25, 0.3) is 0 Å². The van der Waals surface area contributed by atoms with E-state index in [1.54, 1.807) is 0 Å². The fraction of sp³-hybridized carbons (Fsp3) is 0.625. The molecule has 1 aromatic rings. The van der Waals surface area contributed by atoms with Crippen LogP contribution in [0.2, 0.25) is 5.02 Å². The summed E-state index contributed by atoms with van der Waals surface area (Å²) in [5.74, 6) is 0. The molecule has 1 aromatic carbocycles. The minimum Gasteiger partial charge on any atom is -0.312 e. The molecule has 1 nitrogen and oxygen atoms in total.